The summed E-state index contributed by atoms with van der Waals surface area (Å²) in [5.74, 6) is 2.00. The molecule has 0 amide bonds. The molecule has 0 radical (unpaired) electrons. The van der Waals surface area contributed by atoms with E-state index in [1.54, 1.807) is 0 Å². The third-order valence-electron chi connectivity index (χ3n) is 10.7. The van der Waals surface area contributed by atoms with Gasteiger partial charge < -0.3 is 23.5 Å². The van der Waals surface area contributed by atoms with E-state index in [1.807, 2.05) is 36.5 Å². The van der Waals surface area contributed by atoms with E-state index in [2.05, 4.69) is 160 Å². The fraction of sp³-hybridized carbons (Fsp3) is 0.143. The first-order valence-electron chi connectivity index (χ1n) is 18.7. The Balaban J connectivity index is 0.00000410. The Morgan fingerprint density at radius 3 is 2.18 bits per heavy atom. The number of aryl methyl sites for hydroxylation is 3. The zero-order valence-corrected chi connectivity index (χ0v) is 34.3. The predicted octanol–water partition coefficient (Wildman–Crippen LogP) is 13.1. The summed E-state index contributed by atoms with van der Waals surface area (Å²) in [4.78, 5) is 9.36. The van der Waals surface area contributed by atoms with Crippen LogP contribution >= 0.6 is 0 Å². The average molecular weight is 911 g/mol. The summed E-state index contributed by atoms with van der Waals surface area (Å²) in [6.45, 7) is 15.3. The van der Waals surface area contributed by atoms with Crippen LogP contribution < -0.4 is 14.5 Å². The van der Waals surface area contributed by atoms with Crippen LogP contribution in [-0.2, 0) is 26.5 Å². The van der Waals surface area contributed by atoms with E-state index in [4.69, 9.17) is 14.1 Å². The van der Waals surface area contributed by atoms with Gasteiger partial charge in [0.25, 0.3) is 0 Å². The van der Waals surface area contributed by atoms with Gasteiger partial charge in [0.2, 0.25) is 0 Å². The van der Waals surface area contributed by atoms with Gasteiger partial charge in [0, 0.05) is 78.2 Å². The summed E-state index contributed by atoms with van der Waals surface area (Å²) >= 11 is 0. The van der Waals surface area contributed by atoms with Crippen molar-refractivity contribution in [3.05, 3.63) is 163 Å². The maximum atomic E-state index is 6.60. The van der Waals surface area contributed by atoms with Crippen LogP contribution in [0.25, 0.3) is 49.6 Å². The topological polar surface area (TPSA) is 46.7 Å². The van der Waals surface area contributed by atoms with Crippen LogP contribution in [0.1, 0.15) is 43.0 Å². The number of nitrogens with zero attached hydrogens (tertiary/aromatic N) is 4. The molecule has 0 atom stereocenters. The quantitative estimate of drug-likeness (QED) is 0.161. The molecule has 0 bridgehead atoms. The Kier molecular flexibility index (Phi) is 8.59. The number of hydrogen-bond acceptors (Lipinski definition) is 5. The van der Waals surface area contributed by atoms with Crippen molar-refractivity contribution in [2.75, 3.05) is 9.80 Å². The molecule has 6 aromatic carbocycles. The molecule has 1 aliphatic heterocycles. The second kappa shape index (κ2) is 13.4. The summed E-state index contributed by atoms with van der Waals surface area (Å²) in [6.07, 6.45) is 1.89. The molecule has 4 heterocycles. The van der Waals surface area contributed by atoms with Crippen molar-refractivity contribution in [3.8, 4) is 17.3 Å². The number of ether oxygens (including phenoxy) is 1. The van der Waals surface area contributed by atoms with Gasteiger partial charge in [0.15, 0.2) is 0 Å². The second-order valence-corrected chi connectivity index (χ2v) is 15.6. The molecule has 9 aromatic rings. The summed E-state index contributed by atoms with van der Waals surface area (Å²) < 4.78 is 15.2. The van der Waals surface area contributed by atoms with Gasteiger partial charge in [0.1, 0.15) is 17.0 Å². The van der Waals surface area contributed by atoms with E-state index >= 15 is 0 Å². The molecule has 10 rings (SSSR count). The van der Waals surface area contributed by atoms with Gasteiger partial charge >= 0.3 is 0 Å². The van der Waals surface area contributed by atoms with Gasteiger partial charge in [-0.1, -0.05) is 80.4 Å². The van der Waals surface area contributed by atoms with Crippen molar-refractivity contribution in [3.63, 3.8) is 0 Å². The van der Waals surface area contributed by atoms with Crippen molar-refractivity contribution in [2.45, 2.75) is 47.0 Å². The molecule has 6 nitrogen and oxygen atoms in total. The minimum absolute atomic E-state index is 0. The Bertz CT molecular complexity index is 2970. The number of para-hydroxylation sites is 3. The van der Waals surface area contributed by atoms with Crippen molar-refractivity contribution >= 4 is 66.5 Å². The van der Waals surface area contributed by atoms with E-state index in [-0.39, 0.29) is 26.5 Å². The van der Waals surface area contributed by atoms with Crippen LogP contribution in [0, 0.1) is 39.6 Å². The van der Waals surface area contributed by atoms with Crippen LogP contribution in [-0.4, -0.2) is 9.55 Å². The van der Waals surface area contributed by atoms with Gasteiger partial charge in [0.05, 0.1) is 0 Å². The summed E-state index contributed by atoms with van der Waals surface area (Å²) in [5, 5.41) is 4.33. The van der Waals surface area contributed by atoms with Crippen LogP contribution in [0.5, 0.6) is 11.5 Å². The smallest absolute Gasteiger partial charge is 0.137 e. The fourth-order valence-electron chi connectivity index (χ4n) is 8.23. The Hall–Kier alpha value is -5.84. The Labute approximate surface area is 341 Å². The van der Waals surface area contributed by atoms with Gasteiger partial charge in [-0.05, 0) is 78.6 Å². The molecule has 1 aliphatic rings. The predicted molar refractivity (Wildman–Crippen MR) is 224 cm³/mol. The molecule has 0 saturated carbocycles. The molecule has 280 valence electrons. The third-order valence-corrected chi connectivity index (χ3v) is 10.7. The van der Waals surface area contributed by atoms with Gasteiger partial charge in [-0.25, -0.2) is 4.98 Å². The molecular formula is C49H39N4O2Pt-3. The minimum atomic E-state index is -0.0522. The maximum absolute atomic E-state index is 6.60. The van der Waals surface area contributed by atoms with Crippen molar-refractivity contribution < 1.29 is 30.2 Å². The Morgan fingerprint density at radius 1 is 0.661 bits per heavy atom. The molecular weight excluding hydrogens is 872 g/mol. The standard InChI is InChI=1S/C49H39N4O2.Pt/c1-30-22-31(2)48(32(3)23-30)52-29-51(41-15-8-9-16-42(41)52)34-12-11-13-35(25-34)54-36-18-19-37-39-27-40-38-14-7-10-17-45(38)55-46(40)28-44(39)53(43(37)26-36)47-24-33(20-21-50-47)49(4,5)6;/h7-24,27-29H,1-6H3;/q-3;. The number of pyridine rings is 1. The number of anilines is 4. The van der Waals surface area contributed by atoms with Crippen molar-refractivity contribution in [2.24, 2.45) is 0 Å². The van der Waals surface area contributed by atoms with Gasteiger partial charge in [-0.2, -0.15) is 12.1 Å². The normalized spacial score (nSPS) is 12.9. The van der Waals surface area contributed by atoms with Gasteiger partial charge in [-0.15, -0.1) is 48.1 Å². The van der Waals surface area contributed by atoms with Crippen LogP contribution in [0.15, 0.2) is 126 Å². The van der Waals surface area contributed by atoms with Crippen LogP contribution in [0.2, 0.25) is 0 Å². The first kappa shape index (κ1) is 35.8. The largest absolute Gasteiger partial charge is 0.509 e. The van der Waals surface area contributed by atoms with Crippen molar-refractivity contribution in [1.29, 1.82) is 0 Å². The van der Waals surface area contributed by atoms with Crippen LogP contribution in [0.3, 0.4) is 0 Å². The number of hydrogen-bond donors (Lipinski definition) is 0. The molecule has 0 saturated heterocycles. The molecule has 0 spiro atoms. The fourth-order valence-corrected chi connectivity index (χ4v) is 8.23. The second-order valence-electron chi connectivity index (χ2n) is 15.6. The molecule has 0 unspecified atom stereocenters. The van der Waals surface area contributed by atoms with E-state index in [0.29, 0.717) is 11.5 Å². The number of aromatic nitrogens is 2. The zero-order valence-electron chi connectivity index (χ0n) is 32.0. The molecule has 0 aliphatic carbocycles. The van der Waals surface area contributed by atoms with E-state index in [0.717, 1.165) is 66.6 Å². The SMILES string of the molecule is Cc1cc(C)c(N2[CH-]N(c3[c-]c(Oc4[c-]c5c(cc4)c4cc6c(cc4n5-c4cc(C(C)(C)C)ccn4)oc4ccccc46)ccc3)c3ccccc32)c(C)c1.[Pt]. The van der Waals surface area contributed by atoms with E-state index < -0.39 is 0 Å². The summed E-state index contributed by atoms with van der Waals surface area (Å²) in [7, 11) is 0. The van der Waals surface area contributed by atoms with Crippen molar-refractivity contribution in [1.82, 2.24) is 9.55 Å². The Morgan fingerprint density at radius 2 is 1.39 bits per heavy atom. The summed E-state index contributed by atoms with van der Waals surface area (Å²) in [5.41, 5.74) is 12.7. The number of fused-ring (bicyclic) bond motifs is 7. The average Bonchev–Trinajstić information content (AvgIpc) is 3.82. The zero-order chi connectivity index (χ0) is 37.6. The van der Waals surface area contributed by atoms with Gasteiger partial charge in [-0.3, -0.25) is 0 Å². The monoisotopic (exact) mass is 910 g/mol. The van der Waals surface area contributed by atoms with E-state index in [9.17, 15) is 0 Å². The molecule has 3 aromatic heterocycles. The van der Waals surface area contributed by atoms with E-state index in [1.165, 1.54) is 27.9 Å². The number of benzene rings is 6. The summed E-state index contributed by atoms with van der Waals surface area (Å²) in [6, 6.07) is 47.1. The number of furan rings is 1. The molecule has 0 N–H and O–H groups in total. The molecule has 7 heteroatoms. The number of rotatable bonds is 5. The van der Waals surface area contributed by atoms with Crippen LogP contribution in [0.4, 0.5) is 22.7 Å². The first-order chi connectivity index (χ1) is 26.6. The third kappa shape index (κ3) is 5.86. The first-order valence-corrected chi connectivity index (χ1v) is 18.7. The molecule has 56 heavy (non-hydrogen) atoms. The minimum Gasteiger partial charge on any atom is -0.509 e. The maximum Gasteiger partial charge on any atom is 0.137 e. The molecule has 0 fully saturated rings.